The lowest BCUT2D eigenvalue weighted by Crippen LogP contribution is -2.41. The van der Waals surface area contributed by atoms with Crippen LogP contribution in [0.3, 0.4) is 0 Å². The number of fused-ring (bicyclic) bond motifs is 1. The van der Waals surface area contributed by atoms with Gasteiger partial charge >= 0.3 is 7.12 Å². The van der Waals surface area contributed by atoms with Crippen LogP contribution in [0.25, 0.3) is 0 Å². The number of benzene rings is 1. The number of anilines is 1. The summed E-state index contributed by atoms with van der Waals surface area (Å²) < 4.78 is 26.3. The summed E-state index contributed by atoms with van der Waals surface area (Å²) in [7, 11) is -0.663. The van der Waals surface area contributed by atoms with E-state index in [1.807, 2.05) is 41.5 Å². The molecule has 0 bridgehead atoms. The van der Waals surface area contributed by atoms with Crippen LogP contribution in [0.2, 0.25) is 0 Å². The van der Waals surface area contributed by atoms with Gasteiger partial charge in [-0.05, 0) is 64.7 Å². The lowest BCUT2D eigenvalue weighted by Gasteiger charge is -2.32. The average Bonchev–Trinajstić information content (AvgIpc) is 2.81. The van der Waals surface area contributed by atoms with Crippen molar-refractivity contribution in [1.29, 1.82) is 0 Å². The minimum Gasteiger partial charge on any atom is -0.399 e. The zero-order valence-corrected chi connectivity index (χ0v) is 14.6. The standard InChI is InChI=1S/C17H23BFNO3/c1-10(2)20-14-8-11(19)7-13(12(14)9-15(20)21)18-22-16(3,4)17(5,6)23-18/h7-8,10H,9H2,1-6H3. The molecule has 1 aromatic carbocycles. The van der Waals surface area contributed by atoms with Gasteiger partial charge in [0.05, 0.1) is 23.3 Å². The molecule has 0 N–H and O–H groups in total. The molecule has 0 saturated carbocycles. The number of nitrogens with zero attached hydrogens (tertiary/aromatic N) is 1. The highest BCUT2D eigenvalue weighted by molar-refractivity contribution is 6.63. The van der Waals surface area contributed by atoms with Gasteiger partial charge < -0.3 is 14.2 Å². The Hall–Kier alpha value is -1.40. The molecule has 3 rings (SSSR count). The molecule has 0 aromatic heterocycles. The van der Waals surface area contributed by atoms with Crippen molar-refractivity contribution in [3.63, 3.8) is 0 Å². The van der Waals surface area contributed by atoms with Gasteiger partial charge in [-0.15, -0.1) is 0 Å². The van der Waals surface area contributed by atoms with Gasteiger partial charge in [0.2, 0.25) is 5.91 Å². The van der Waals surface area contributed by atoms with E-state index in [-0.39, 0.29) is 24.2 Å². The average molecular weight is 319 g/mol. The van der Waals surface area contributed by atoms with E-state index >= 15 is 0 Å². The Kier molecular flexibility index (Phi) is 3.61. The Morgan fingerprint density at radius 1 is 1.17 bits per heavy atom. The Bertz CT molecular complexity index is 656. The molecule has 2 heterocycles. The third-order valence-corrected chi connectivity index (χ3v) is 5.11. The second kappa shape index (κ2) is 5.05. The molecule has 124 valence electrons. The Balaban J connectivity index is 2.07. The van der Waals surface area contributed by atoms with Crippen LogP contribution in [-0.4, -0.2) is 30.3 Å². The molecule has 1 fully saturated rings. The van der Waals surface area contributed by atoms with E-state index in [0.29, 0.717) is 11.2 Å². The highest BCUT2D eigenvalue weighted by Gasteiger charge is 2.53. The number of rotatable bonds is 2. The summed E-state index contributed by atoms with van der Waals surface area (Å²) in [5.41, 5.74) is 1.06. The molecule has 0 unspecified atom stereocenters. The van der Waals surface area contributed by atoms with Gasteiger partial charge in [0.15, 0.2) is 0 Å². The minimum atomic E-state index is -0.663. The zero-order chi connectivity index (χ0) is 17.2. The molecule has 0 aliphatic carbocycles. The van der Waals surface area contributed by atoms with Crippen LogP contribution in [0.1, 0.15) is 47.1 Å². The largest absolute Gasteiger partial charge is 0.495 e. The molecule has 2 aliphatic rings. The van der Waals surface area contributed by atoms with E-state index in [1.54, 1.807) is 4.90 Å². The summed E-state index contributed by atoms with van der Waals surface area (Å²) in [6, 6.07) is 2.84. The van der Waals surface area contributed by atoms with E-state index in [0.717, 1.165) is 5.56 Å². The molecule has 6 heteroatoms. The van der Waals surface area contributed by atoms with Crippen molar-refractivity contribution in [3.8, 4) is 0 Å². The third kappa shape index (κ3) is 2.48. The van der Waals surface area contributed by atoms with Crippen LogP contribution < -0.4 is 10.4 Å². The minimum absolute atomic E-state index is 0.0154. The van der Waals surface area contributed by atoms with Crippen LogP contribution >= 0.6 is 0 Å². The highest BCUT2D eigenvalue weighted by Crippen LogP contribution is 2.38. The maximum absolute atomic E-state index is 14.2. The van der Waals surface area contributed by atoms with Gasteiger partial charge in [0.1, 0.15) is 5.82 Å². The second-order valence-corrected chi connectivity index (χ2v) is 7.62. The molecule has 0 radical (unpaired) electrons. The van der Waals surface area contributed by atoms with Crippen LogP contribution in [-0.2, 0) is 20.5 Å². The Labute approximate surface area is 137 Å². The fraction of sp³-hybridized carbons (Fsp3) is 0.588. The predicted molar refractivity (Wildman–Crippen MR) is 88.4 cm³/mol. The van der Waals surface area contributed by atoms with Gasteiger partial charge in [0.25, 0.3) is 0 Å². The van der Waals surface area contributed by atoms with Crippen molar-refractivity contribution in [1.82, 2.24) is 0 Å². The quantitative estimate of drug-likeness (QED) is 0.786. The summed E-state index contributed by atoms with van der Waals surface area (Å²) in [5, 5.41) is 0. The second-order valence-electron chi connectivity index (χ2n) is 7.62. The van der Waals surface area contributed by atoms with Crippen molar-refractivity contribution in [3.05, 3.63) is 23.5 Å². The molecule has 2 aliphatic heterocycles. The lowest BCUT2D eigenvalue weighted by molar-refractivity contribution is -0.117. The smallest absolute Gasteiger partial charge is 0.399 e. The number of halogens is 1. The summed E-state index contributed by atoms with van der Waals surface area (Å²) in [6.07, 6.45) is 0.257. The number of carbonyl (C=O) groups excluding carboxylic acids is 1. The fourth-order valence-corrected chi connectivity index (χ4v) is 3.17. The first-order valence-corrected chi connectivity index (χ1v) is 8.03. The molecule has 0 atom stereocenters. The van der Waals surface area contributed by atoms with Gasteiger partial charge in [-0.25, -0.2) is 4.39 Å². The highest BCUT2D eigenvalue weighted by atomic mass is 19.1. The Morgan fingerprint density at radius 3 is 2.26 bits per heavy atom. The van der Waals surface area contributed by atoms with Gasteiger partial charge in [0, 0.05) is 6.04 Å². The molecule has 23 heavy (non-hydrogen) atoms. The van der Waals surface area contributed by atoms with Gasteiger partial charge in [-0.3, -0.25) is 4.79 Å². The molecule has 1 aromatic rings. The van der Waals surface area contributed by atoms with Crippen molar-refractivity contribution in [2.24, 2.45) is 0 Å². The molecule has 1 saturated heterocycles. The van der Waals surface area contributed by atoms with E-state index in [4.69, 9.17) is 9.31 Å². The van der Waals surface area contributed by atoms with E-state index < -0.39 is 18.3 Å². The van der Waals surface area contributed by atoms with Crippen LogP contribution in [0.15, 0.2) is 12.1 Å². The van der Waals surface area contributed by atoms with Crippen molar-refractivity contribution in [2.45, 2.75) is 65.2 Å². The molecule has 0 spiro atoms. The number of hydrogen-bond donors (Lipinski definition) is 0. The number of carbonyl (C=O) groups is 1. The van der Waals surface area contributed by atoms with Crippen LogP contribution in [0.4, 0.5) is 10.1 Å². The monoisotopic (exact) mass is 319 g/mol. The first kappa shape index (κ1) is 16.5. The molecule has 4 nitrogen and oxygen atoms in total. The van der Waals surface area contributed by atoms with Gasteiger partial charge in [-0.1, -0.05) is 0 Å². The van der Waals surface area contributed by atoms with Crippen molar-refractivity contribution < 1.29 is 18.5 Å². The van der Waals surface area contributed by atoms with Crippen molar-refractivity contribution >= 4 is 24.2 Å². The number of hydrogen-bond acceptors (Lipinski definition) is 3. The van der Waals surface area contributed by atoms with Crippen LogP contribution in [0, 0.1) is 5.82 Å². The summed E-state index contributed by atoms with van der Waals surface area (Å²) in [4.78, 5) is 14.0. The van der Waals surface area contributed by atoms with E-state index in [1.165, 1.54) is 12.1 Å². The van der Waals surface area contributed by atoms with Crippen molar-refractivity contribution in [2.75, 3.05) is 4.90 Å². The Morgan fingerprint density at radius 2 is 1.74 bits per heavy atom. The first-order chi connectivity index (χ1) is 10.5. The summed E-state index contributed by atoms with van der Waals surface area (Å²) in [5.74, 6) is -0.396. The van der Waals surface area contributed by atoms with E-state index in [9.17, 15) is 9.18 Å². The summed E-state index contributed by atoms with van der Waals surface area (Å²) >= 11 is 0. The topological polar surface area (TPSA) is 38.8 Å². The number of amides is 1. The fourth-order valence-electron chi connectivity index (χ4n) is 3.17. The SMILES string of the molecule is CC(C)N1C(=O)Cc2c(B3OC(C)(C)C(C)(C)O3)cc(F)cc21. The lowest BCUT2D eigenvalue weighted by atomic mass is 9.75. The third-order valence-electron chi connectivity index (χ3n) is 5.11. The molecular formula is C17H23BFNO3. The van der Waals surface area contributed by atoms with Gasteiger partial charge in [-0.2, -0.15) is 0 Å². The van der Waals surface area contributed by atoms with E-state index in [2.05, 4.69) is 0 Å². The molecule has 1 amide bonds. The summed E-state index contributed by atoms with van der Waals surface area (Å²) in [6.45, 7) is 11.7. The predicted octanol–water partition coefficient (Wildman–Crippen LogP) is 2.42. The zero-order valence-electron chi connectivity index (χ0n) is 14.6. The first-order valence-electron chi connectivity index (χ1n) is 8.03. The maximum atomic E-state index is 14.2. The molecular weight excluding hydrogens is 296 g/mol. The van der Waals surface area contributed by atoms with Crippen LogP contribution in [0.5, 0.6) is 0 Å². The normalized spacial score (nSPS) is 22.2. The maximum Gasteiger partial charge on any atom is 0.495 e.